The van der Waals surface area contributed by atoms with Crippen LogP contribution >= 0.6 is 7.82 Å². The van der Waals surface area contributed by atoms with Crippen LogP contribution in [0.3, 0.4) is 0 Å². The average molecular weight is 382 g/mol. The van der Waals surface area contributed by atoms with Crippen molar-refractivity contribution in [1.29, 1.82) is 0 Å². The topological polar surface area (TPSA) is 186 Å². The second-order valence-electron chi connectivity index (χ2n) is 5.09. The van der Waals surface area contributed by atoms with E-state index in [0.717, 1.165) is 7.11 Å². The molecule has 13 heteroatoms. The highest BCUT2D eigenvalue weighted by molar-refractivity contribution is 7.47. The van der Waals surface area contributed by atoms with Crippen LogP contribution in [0.25, 0.3) is 0 Å². The van der Waals surface area contributed by atoms with Crippen LogP contribution in [-0.4, -0.2) is 60.4 Å². The SMILES string of the molecule is COP(=O)(O)OC(C)[C@H](NC(=O)C(C)NC(=O)[C@H](C)NC=O)C(N)=O. The summed E-state index contributed by atoms with van der Waals surface area (Å²) < 4.78 is 20.3. The first kappa shape index (κ1) is 23.0. The second-order valence-corrected chi connectivity index (χ2v) is 6.60. The number of carbonyl (C=O) groups excluding carboxylic acids is 4. The number of amides is 4. The largest absolute Gasteiger partial charge is 0.472 e. The van der Waals surface area contributed by atoms with E-state index in [-0.39, 0.29) is 0 Å². The summed E-state index contributed by atoms with van der Waals surface area (Å²) in [6.07, 6.45) is -0.948. The van der Waals surface area contributed by atoms with Crippen molar-refractivity contribution in [2.75, 3.05) is 7.11 Å². The molecule has 25 heavy (non-hydrogen) atoms. The maximum Gasteiger partial charge on any atom is 0.472 e. The Balaban J connectivity index is 4.88. The first-order valence-electron chi connectivity index (χ1n) is 7.11. The van der Waals surface area contributed by atoms with Crippen LogP contribution in [0.1, 0.15) is 20.8 Å². The van der Waals surface area contributed by atoms with E-state index in [2.05, 4.69) is 25.0 Å². The lowest BCUT2D eigenvalue weighted by Gasteiger charge is -2.25. The molecule has 0 radical (unpaired) electrons. The van der Waals surface area contributed by atoms with Crippen LogP contribution in [-0.2, 0) is 32.8 Å². The van der Waals surface area contributed by atoms with Gasteiger partial charge in [0.05, 0.1) is 6.10 Å². The highest BCUT2D eigenvalue weighted by atomic mass is 31.2. The first-order valence-corrected chi connectivity index (χ1v) is 8.61. The summed E-state index contributed by atoms with van der Waals surface area (Å²) in [5, 5.41) is 6.73. The van der Waals surface area contributed by atoms with Gasteiger partial charge in [-0.1, -0.05) is 0 Å². The van der Waals surface area contributed by atoms with E-state index in [1.807, 2.05) is 0 Å². The van der Waals surface area contributed by atoms with E-state index in [4.69, 9.17) is 5.73 Å². The molecule has 0 heterocycles. The van der Waals surface area contributed by atoms with Crippen LogP contribution < -0.4 is 21.7 Å². The van der Waals surface area contributed by atoms with E-state index >= 15 is 0 Å². The molecule has 0 aromatic heterocycles. The van der Waals surface area contributed by atoms with Gasteiger partial charge < -0.3 is 26.6 Å². The zero-order valence-electron chi connectivity index (χ0n) is 14.2. The van der Waals surface area contributed by atoms with Crippen molar-refractivity contribution >= 4 is 32.0 Å². The summed E-state index contributed by atoms with van der Waals surface area (Å²) in [4.78, 5) is 54.8. The van der Waals surface area contributed by atoms with Gasteiger partial charge in [0.15, 0.2) is 0 Å². The predicted octanol–water partition coefficient (Wildman–Crippen LogP) is -2.25. The quantitative estimate of drug-likeness (QED) is 0.196. The molecule has 144 valence electrons. The van der Waals surface area contributed by atoms with Crippen LogP contribution in [0.15, 0.2) is 0 Å². The summed E-state index contributed by atoms with van der Waals surface area (Å²) in [7, 11) is -3.48. The fourth-order valence-corrected chi connectivity index (χ4v) is 2.22. The van der Waals surface area contributed by atoms with Gasteiger partial charge in [0.1, 0.15) is 18.1 Å². The molecule has 12 nitrogen and oxygen atoms in total. The lowest BCUT2D eigenvalue weighted by Crippen LogP contribution is -2.57. The third kappa shape index (κ3) is 8.07. The van der Waals surface area contributed by atoms with E-state index in [0.29, 0.717) is 6.41 Å². The number of nitrogens with two attached hydrogens (primary N) is 1. The van der Waals surface area contributed by atoms with Gasteiger partial charge in [-0.25, -0.2) is 4.57 Å². The Morgan fingerprint density at radius 2 is 1.64 bits per heavy atom. The lowest BCUT2D eigenvalue weighted by atomic mass is 10.1. The van der Waals surface area contributed by atoms with Crippen molar-refractivity contribution < 1.29 is 37.7 Å². The van der Waals surface area contributed by atoms with Gasteiger partial charge in [-0.2, -0.15) is 0 Å². The van der Waals surface area contributed by atoms with Crippen LogP contribution in [0.4, 0.5) is 0 Å². The summed E-state index contributed by atoms with van der Waals surface area (Å²) in [5.74, 6) is -2.45. The Bertz CT molecular complexity index is 557. The third-order valence-electron chi connectivity index (χ3n) is 3.07. The van der Waals surface area contributed by atoms with Crippen molar-refractivity contribution in [1.82, 2.24) is 16.0 Å². The molecule has 4 amide bonds. The maximum atomic E-state index is 12.1. The third-order valence-corrected chi connectivity index (χ3v) is 4.13. The van der Waals surface area contributed by atoms with Gasteiger partial charge >= 0.3 is 7.82 Å². The molecule has 0 saturated carbocycles. The molecule has 0 aliphatic carbocycles. The monoisotopic (exact) mass is 382 g/mol. The molecule has 0 saturated heterocycles. The number of carbonyl (C=O) groups is 4. The van der Waals surface area contributed by atoms with Crippen molar-refractivity contribution in [3.05, 3.63) is 0 Å². The van der Waals surface area contributed by atoms with Crippen LogP contribution in [0.5, 0.6) is 0 Å². The van der Waals surface area contributed by atoms with Gasteiger partial charge in [0.2, 0.25) is 24.1 Å². The molecule has 0 fully saturated rings. The number of hydrogen-bond acceptors (Lipinski definition) is 7. The molecule has 3 unspecified atom stereocenters. The molecule has 0 aromatic rings. The van der Waals surface area contributed by atoms with E-state index in [1.54, 1.807) is 0 Å². The molecule has 6 N–H and O–H groups in total. The number of primary amides is 1. The Labute approximate surface area is 144 Å². The summed E-state index contributed by atoms with van der Waals surface area (Å²) in [6.45, 7) is 3.97. The van der Waals surface area contributed by atoms with Crippen LogP contribution in [0.2, 0.25) is 0 Å². The first-order chi connectivity index (χ1) is 11.4. The highest BCUT2D eigenvalue weighted by Crippen LogP contribution is 2.43. The molecular weight excluding hydrogens is 359 g/mol. The Kier molecular flexibility index (Phi) is 9.28. The normalized spacial score (nSPS) is 18.0. The van der Waals surface area contributed by atoms with Crippen LogP contribution in [0, 0.1) is 0 Å². The molecule has 0 aromatic carbocycles. The van der Waals surface area contributed by atoms with Crippen molar-refractivity contribution in [2.45, 2.75) is 45.0 Å². The van der Waals surface area contributed by atoms with Crippen molar-refractivity contribution in [2.24, 2.45) is 5.73 Å². The molecule has 5 atom stereocenters. The molecule has 0 bridgehead atoms. The molecule has 0 aliphatic heterocycles. The van der Waals surface area contributed by atoms with Gasteiger partial charge in [-0.05, 0) is 20.8 Å². The fraction of sp³-hybridized carbons (Fsp3) is 0.667. The lowest BCUT2D eigenvalue weighted by molar-refractivity contribution is -0.133. The zero-order valence-corrected chi connectivity index (χ0v) is 15.1. The smallest absolute Gasteiger partial charge is 0.368 e. The summed E-state index contributed by atoms with van der Waals surface area (Å²) >= 11 is 0. The highest BCUT2D eigenvalue weighted by Gasteiger charge is 2.33. The number of rotatable bonds is 11. The molecule has 0 rings (SSSR count). The fourth-order valence-electron chi connectivity index (χ4n) is 1.59. The number of hydrogen-bond donors (Lipinski definition) is 5. The number of phosphoric ester groups is 1. The maximum absolute atomic E-state index is 12.1. The molecule has 0 spiro atoms. The number of phosphoric acid groups is 1. The zero-order chi connectivity index (χ0) is 19.8. The van der Waals surface area contributed by atoms with Gasteiger partial charge in [0.25, 0.3) is 0 Å². The van der Waals surface area contributed by atoms with Gasteiger partial charge in [-0.15, -0.1) is 0 Å². The van der Waals surface area contributed by atoms with Gasteiger partial charge in [0, 0.05) is 7.11 Å². The Morgan fingerprint density at radius 1 is 1.12 bits per heavy atom. The Hall–Kier alpha value is -2.01. The summed E-state index contributed by atoms with van der Waals surface area (Å²) in [6, 6.07) is -3.40. The molecule has 0 aliphatic rings. The minimum absolute atomic E-state index is 0.333. The number of nitrogens with one attached hydrogen (secondary N) is 3. The molecular formula is C12H23N4O8P. The Morgan fingerprint density at radius 3 is 2.08 bits per heavy atom. The average Bonchev–Trinajstić information content (AvgIpc) is 2.51. The summed E-state index contributed by atoms with van der Waals surface area (Å²) in [5.41, 5.74) is 5.15. The van der Waals surface area contributed by atoms with E-state index in [9.17, 15) is 28.6 Å². The second kappa shape index (κ2) is 10.1. The minimum atomic E-state index is -4.40. The van der Waals surface area contributed by atoms with Crippen molar-refractivity contribution in [3.8, 4) is 0 Å². The standard InChI is InChI=1S/C12H23N4O8P/c1-6(14-5-17)11(19)15-7(2)12(20)16-9(10(13)18)8(3)24-25(21,22)23-4/h5-9H,1-4H3,(H2,13,18)(H,14,17)(H,15,19)(H,16,20)(H,21,22)/t6-,7?,8?,9-/m0/s1. The minimum Gasteiger partial charge on any atom is -0.368 e. The van der Waals surface area contributed by atoms with E-state index < -0.39 is 49.8 Å². The predicted molar refractivity (Wildman–Crippen MR) is 84.8 cm³/mol. The van der Waals surface area contributed by atoms with E-state index in [1.165, 1.54) is 20.8 Å². The van der Waals surface area contributed by atoms with Gasteiger partial charge in [-0.3, -0.25) is 28.2 Å². The van der Waals surface area contributed by atoms with Crippen molar-refractivity contribution in [3.63, 3.8) is 0 Å².